The molecule has 3 rings (SSSR count). The fraction of sp³-hybridized carbons (Fsp3) is 0.545. The monoisotopic (exact) mass is 205 g/mol. The molecule has 0 saturated carbocycles. The van der Waals surface area contributed by atoms with Crippen molar-refractivity contribution in [3.63, 3.8) is 0 Å². The normalized spacial score (nSPS) is 20.4. The van der Waals surface area contributed by atoms with E-state index >= 15 is 0 Å². The first-order valence-electron chi connectivity index (χ1n) is 5.46. The summed E-state index contributed by atoms with van der Waals surface area (Å²) in [5.41, 5.74) is 2.36. The zero-order valence-corrected chi connectivity index (χ0v) is 8.70. The molecule has 80 valence electrons. The summed E-state index contributed by atoms with van der Waals surface area (Å²) in [5.74, 6) is 1.10. The van der Waals surface area contributed by atoms with Crippen LogP contribution >= 0.6 is 0 Å². The van der Waals surface area contributed by atoms with Crippen LogP contribution in [0.1, 0.15) is 11.3 Å². The van der Waals surface area contributed by atoms with Crippen molar-refractivity contribution in [1.29, 1.82) is 0 Å². The van der Waals surface area contributed by atoms with Crippen LogP contribution in [0.15, 0.2) is 12.1 Å². The predicted molar refractivity (Wildman–Crippen MR) is 57.8 cm³/mol. The Labute approximate surface area is 89.3 Å². The molecule has 1 fully saturated rings. The Kier molecular flexibility index (Phi) is 2.31. The Morgan fingerprint density at radius 3 is 2.93 bits per heavy atom. The lowest BCUT2D eigenvalue weighted by Crippen LogP contribution is -2.43. The molecule has 3 heterocycles. The van der Waals surface area contributed by atoms with E-state index < -0.39 is 0 Å². The number of ether oxygens (including phenoxy) is 1. The van der Waals surface area contributed by atoms with Gasteiger partial charge in [-0.15, -0.1) is 0 Å². The molecule has 0 amide bonds. The maximum absolute atomic E-state index is 5.36. The number of pyridine rings is 1. The molecule has 4 nitrogen and oxygen atoms in total. The van der Waals surface area contributed by atoms with Crippen molar-refractivity contribution in [2.45, 2.75) is 13.2 Å². The van der Waals surface area contributed by atoms with Crippen molar-refractivity contribution >= 4 is 5.82 Å². The van der Waals surface area contributed by atoms with Crippen molar-refractivity contribution in [3.8, 4) is 0 Å². The lowest BCUT2D eigenvalue weighted by Gasteiger charge is -2.28. The van der Waals surface area contributed by atoms with Crippen LogP contribution in [0.2, 0.25) is 0 Å². The highest BCUT2D eigenvalue weighted by atomic mass is 16.5. The second kappa shape index (κ2) is 3.79. The molecule has 0 unspecified atom stereocenters. The largest absolute Gasteiger partial charge is 0.370 e. The van der Waals surface area contributed by atoms with E-state index in [1.54, 1.807) is 0 Å². The summed E-state index contributed by atoms with van der Waals surface area (Å²) >= 11 is 0. The third-order valence-electron chi connectivity index (χ3n) is 2.99. The highest BCUT2D eigenvalue weighted by Crippen LogP contribution is 2.21. The minimum atomic E-state index is 0.676. The molecule has 0 aromatic carbocycles. The average molecular weight is 205 g/mol. The number of aromatic nitrogens is 1. The van der Waals surface area contributed by atoms with Gasteiger partial charge in [0, 0.05) is 31.7 Å². The molecule has 1 aromatic heterocycles. The van der Waals surface area contributed by atoms with Gasteiger partial charge in [-0.2, -0.15) is 0 Å². The Balaban J connectivity index is 1.85. The van der Waals surface area contributed by atoms with Crippen LogP contribution in [0.5, 0.6) is 0 Å². The molecule has 1 aromatic rings. The van der Waals surface area contributed by atoms with Gasteiger partial charge in [0.15, 0.2) is 0 Å². The molecule has 0 spiro atoms. The number of hydrogen-bond donors (Lipinski definition) is 1. The SMILES string of the molecule is c1cc2c(nc1N1CCNCC1)COC2. The number of hydrogen-bond acceptors (Lipinski definition) is 4. The quantitative estimate of drug-likeness (QED) is 0.725. The van der Waals surface area contributed by atoms with Crippen LogP contribution in [0.25, 0.3) is 0 Å². The smallest absolute Gasteiger partial charge is 0.129 e. The van der Waals surface area contributed by atoms with Gasteiger partial charge in [0.1, 0.15) is 5.82 Å². The van der Waals surface area contributed by atoms with Gasteiger partial charge in [0.05, 0.1) is 18.9 Å². The first-order chi connectivity index (χ1) is 7.43. The van der Waals surface area contributed by atoms with E-state index in [1.807, 2.05) is 0 Å². The Morgan fingerprint density at radius 1 is 1.20 bits per heavy atom. The summed E-state index contributed by atoms with van der Waals surface area (Å²) in [7, 11) is 0. The van der Waals surface area contributed by atoms with Crippen molar-refractivity contribution < 1.29 is 4.74 Å². The third kappa shape index (κ3) is 1.70. The average Bonchev–Trinajstić information content (AvgIpc) is 2.77. The third-order valence-corrected chi connectivity index (χ3v) is 2.99. The molecule has 0 aliphatic carbocycles. The van der Waals surface area contributed by atoms with Gasteiger partial charge in [-0.05, 0) is 6.07 Å². The van der Waals surface area contributed by atoms with Gasteiger partial charge < -0.3 is 15.0 Å². The summed E-state index contributed by atoms with van der Waals surface area (Å²) in [6.45, 7) is 5.60. The molecule has 1 saturated heterocycles. The van der Waals surface area contributed by atoms with Gasteiger partial charge in [-0.3, -0.25) is 0 Å². The molecule has 2 aliphatic rings. The van der Waals surface area contributed by atoms with E-state index in [9.17, 15) is 0 Å². The summed E-state index contributed by atoms with van der Waals surface area (Å²) in [6, 6.07) is 4.26. The number of nitrogens with zero attached hydrogens (tertiary/aromatic N) is 2. The minimum absolute atomic E-state index is 0.676. The molecular formula is C11H15N3O. The Bertz CT molecular complexity index is 361. The van der Waals surface area contributed by atoms with E-state index in [0.717, 1.165) is 44.3 Å². The lowest BCUT2D eigenvalue weighted by molar-refractivity contribution is 0.133. The highest BCUT2D eigenvalue weighted by molar-refractivity contribution is 5.42. The second-order valence-corrected chi connectivity index (χ2v) is 4.01. The van der Waals surface area contributed by atoms with E-state index in [-0.39, 0.29) is 0 Å². The van der Waals surface area contributed by atoms with E-state index in [2.05, 4.69) is 27.3 Å². The molecule has 1 N–H and O–H groups in total. The summed E-state index contributed by atoms with van der Waals surface area (Å²) < 4.78 is 5.36. The topological polar surface area (TPSA) is 37.4 Å². The lowest BCUT2D eigenvalue weighted by atomic mass is 10.2. The maximum atomic E-state index is 5.36. The van der Waals surface area contributed by atoms with E-state index in [0.29, 0.717) is 6.61 Å². The fourth-order valence-corrected chi connectivity index (χ4v) is 2.10. The van der Waals surface area contributed by atoms with E-state index in [4.69, 9.17) is 4.74 Å². The molecular weight excluding hydrogens is 190 g/mol. The van der Waals surface area contributed by atoms with Crippen LogP contribution in [-0.4, -0.2) is 31.2 Å². The van der Waals surface area contributed by atoms with Crippen molar-refractivity contribution in [1.82, 2.24) is 10.3 Å². The molecule has 0 atom stereocenters. The Hall–Kier alpha value is -1.13. The molecule has 15 heavy (non-hydrogen) atoms. The van der Waals surface area contributed by atoms with Gasteiger partial charge >= 0.3 is 0 Å². The van der Waals surface area contributed by atoms with Gasteiger partial charge in [-0.1, -0.05) is 6.07 Å². The van der Waals surface area contributed by atoms with Crippen LogP contribution in [0, 0.1) is 0 Å². The molecule has 4 heteroatoms. The Morgan fingerprint density at radius 2 is 2.07 bits per heavy atom. The molecule has 0 bridgehead atoms. The van der Waals surface area contributed by atoms with Crippen LogP contribution in [0.4, 0.5) is 5.82 Å². The fourth-order valence-electron chi connectivity index (χ4n) is 2.10. The number of fused-ring (bicyclic) bond motifs is 1. The zero-order chi connectivity index (χ0) is 10.1. The van der Waals surface area contributed by atoms with Gasteiger partial charge in [0.2, 0.25) is 0 Å². The number of piperazine rings is 1. The van der Waals surface area contributed by atoms with Gasteiger partial charge in [-0.25, -0.2) is 4.98 Å². The summed E-state index contributed by atoms with van der Waals surface area (Å²) in [5, 5.41) is 3.34. The van der Waals surface area contributed by atoms with E-state index in [1.165, 1.54) is 5.56 Å². The van der Waals surface area contributed by atoms with Crippen molar-refractivity contribution in [3.05, 3.63) is 23.4 Å². The zero-order valence-electron chi connectivity index (χ0n) is 8.70. The van der Waals surface area contributed by atoms with Crippen LogP contribution in [0.3, 0.4) is 0 Å². The van der Waals surface area contributed by atoms with Gasteiger partial charge in [0.25, 0.3) is 0 Å². The maximum Gasteiger partial charge on any atom is 0.129 e. The highest BCUT2D eigenvalue weighted by Gasteiger charge is 2.16. The standard InChI is InChI=1S/C11H15N3O/c1-2-11(14-5-3-12-4-6-14)13-10-8-15-7-9(1)10/h1-2,12H,3-8H2. The first kappa shape index (κ1) is 9.12. The minimum Gasteiger partial charge on any atom is -0.370 e. The van der Waals surface area contributed by atoms with Crippen molar-refractivity contribution in [2.75, 3.05) is 31.1 Å². The number of anilines is 1. The summed E-state index contributed by atoms with van der Waals surface area (Å²) in [4.78, 5) is 6.98. The summed E-state index contributed by atoms with van der Waals surface area (Å²) in [6.07, 6.45) is 0. The predicted octanol–water partition coefficient (Wildman–Crippen LogP) is 0.521. The van der Waals surface area contributed by atoms with Crippen LogP contribution in [-0.2, 0) is 18.0 Å². The van der Waals surface area contributed by atoms with Crippen molar-refractivity contribution in [2.24, 2.45) is 0 Å². The second-order valence-electron chi connectivity index (χ2n) is 4.01. The first-order valence-corrected chi connectivity index (χ1v) is 5.46. The number of nitrogens with one attached hydrogen (secondary N) is 1. The molecule has 2 aliphatic heterocycles. The van der Waals surface area contributed by atoms with Crippen LogP contribution < -0.4 is 10.2 Å². The molecule has 0 radical (unpaired) electrons. The number of rotatable bonds is 1.